The fourth-order valence-electron chi connectivity index (χ4n) is 2.00. The Balaban J connectivity index is 2.15. The van der Waals surface area contributed by atoms with Crippen LogP contribution in [0.15, 0.2) is 29.2 Å². The van der Waals surface area contributed by atoms with E-state index < -0.39 is 5.97 Å². The van der Waals surface area contributed by atoms with Gasteiger partial charge in [-0.2, -0.15) is 0 Å². The van der Waals surface area contributed by atoms with Gasteiger partial charge in [-0.1, -0.05) is 36.1 Å². The molecule has 1 aromatic rings. The van der Waals surface area contributed by atoms with Gasteiger partial charge in [-0.05, 0) is 37.6 Å². The molecule has 122 valence electrons. The molecule has 1 fully saturated rings. The van der Waals surface area contributed by atoms with E-state index in [0.29, 0.717) is 9.23 Å². The number of benzene rings is 1. The van der Waals surface area contributed by atoms with Crippen LogP contribution in [0.5, 0.6) is 5.75 Å². The number of thioether (sulfide) groups is 1. The number of rotatable bonds is 6. The second-order valence-corrected chi connectivity index (χ2v) is 6.89. The van der Waals surface area contributed by atoms with Crippen molar-refractivity contribution in [3.05, 3.63) is 34.7 Å². The van der Waals surface area contributed by atoms with Crippen molar-refractivity contribution < 1.29 is 19.4 Å². The second-order valence-electron chi connectivity index (χ2n) is 5.22. The molecule has 1 N–H and O–H groups in total. The number of amides is 1. The quantitative estimate of drug-likeness (QED) is 0.627. The summed E-state index contributed by atoms with van der Waals surface area (Å²) in [5, 5.41) is 8.73. The van der Waals surface area contributed by atoms with Gasteiger partial charge in [0.25, 0.3) is 5.91 Å². The van der Waals surface area contributed by atoms with Crippen LogP contribution in [0.2, 0.25) is 0 Å². The van der Waals surface area contributed by atoms with Crippen LogP contribution in [0.4, 0.5) is 0 Å². The molecule has 5 nitrogen and oxygen atoms in total. The highest BCUT2D eigenvalue weighted by molar-refractivity contribution is 8.26. The van der Waals surface area contributed by atoms with Crippen molar-refractivity contribution in [2.24, 2.45) is 0 Å². The lowest BCUT2D eigenvalue weighted by atomic mass is 10.2. The lowest BCUT2D eigenvalue weighted by molar-refractivity contribution is -0.137. The van der Waals surface area contributed by atoms with Crippen LogP contribution in [-0.4, -0.2) is 38.9 Å². The zero-order chi connectivity index (χ0) is 17.0. The summed E-state index contributed by atoms with van der Waals surface area (Å²) in [4.78, 5) is 24.8. The topological polar surface area (TPSA) is 66.8 Å². The number of aliphatic carboxylic acids is 1. The number of carbonyl (C=O) groups excluding carboxylic acids is 1. The number of carbonyl (C=O) groups is 2. The number of hydrogen-bond acceptors (Lipinski definition) is 5. The number of nitrogens with zero attached hydrogens (tertiary/aromatic N) is 1. The van der Waals surface area contributed by atoms with Crippen molar-refractivity contribution in [2.75, 3.05) is 6.54 Å². The lowest BCUT2D eigenvalue weighted by Gasteiger charge is -2.12. The van der Waals surface area contributed by atoms with Crippen molar-refractivity contribution in [2.45, 2.75) is 26.4 Å². The Bertz CT molecular complexity index is 670. The van der Waals surface area contributed by atoms with E-state index in [1.54, 1.807) is 6.08 Å². The standard InChI is InChI=1S/C16H17NO4S2/c1-10(2)21-12-5-3-4-11(8-12)9-13-15(20)17(16(22)23-13)7-6-14(18)19/h3-5,8-10H,6-7H2,1-2H3,(H,18,19)/b13-9+. The number of carboxylic acids is 1. The van der Waals surface area contributed by atoms with Gasteiger partial charge in [0.05, 0.1) is 17.4 Å². The van der Waals surface area contributed by atoms with Gasteiger partial charge in [0.2, 0.25) is 0 Å². The van der Waals surface area contributed by atoms with Gasteiger partial charge in [0, 0.05) is 6.54 Å². The van der Waals surface area contributed by atoms with Crippen LogP contribution in [0.25, 0.3) is 6.08 Å². The molecule has 1 aliphatic heterocycles. The highest BCUT2D eigenvalue weighted by Crippen LogP contribution is 2.33. The minimum Gasteiger partial charge on any atom is -0.491 e. The first-order chi connectivity index (χ1) is 10.9. The van der Waals surface area contributed by atoms with Crippen LogP contribution in [0.1, 0.15) is 25.8 Å². The van der Waals surface area contributed by atoms with Crippen LogP contribution >= 0.6 is 24.0 Å². The van der Waals surface area contributed by atoms with E-state index in [9.17, 15) is 9.59 Å². The van der Waals surface area contributed by atoms with E-state index in [-0.39, 0.29) is 25.0 Å². The third-order valence-electron chi connectivity index (χ3n) is 2.95. The van der Waals surface area contributed by atoms with Crippen molar-refractivity contribution in [3.63, 3.8) is 0 Å². The first-order valence-electron chi connectivity index (χ1n) is 7.10. The molecule has 0 radical (unpaired) electrons. The first-order valence-corrected chi connectivity index (χ1v) is 8.33. The number of hydrogen-bond donors (Lipinski definition) is 1. The molecule has 0 bridgehead atoms. The minimum absolute atomic E-state index is 0.0690. The molecule has 0 saturated carbocycles. The normalized spacial score (nSPS) is 16.5. The van der Waals surface area contributed by atoms with Gasteiger partial charge in [-0.25, -0.2) is 0 Å². The third kappa shape index (κ3) is 4.80. The summed E-state index contributed by atoms with van der Waals surface area (Å²) in [6, 6.07) is 7.44. The summed E-state index contributed by atoms with van der Waals surface area (Å²) in [5.74, 6) is -0.479. The van der Waals surface area contributed by atoms with Gasteiger partial charge >= 0.3 is 5.97 Å². The van der Waals surface area contributed by atoms with Crippen molar-refractivity contribution in [3.8, 4) is 5.75 Å². The molecule has 1 amide bonds. The van der Waals surface area contributed by atoms with Gasteiger partial charge in [0.1, 0.15) is 10.1 Å². The Labute approximate surface area is 144 Å². The Morgan fingerprint density at radius 1 is 1.48 bits per heavy atom. The van der Waals surface area contributed by atoms with E-state index in [0.717, 1.165) is 11.3 Å². The Hall–Kier alpha value is -1.86. The maximum absolute atomic E-state index is 12.3. The first kappa shape index (κ1) is 17.5. The monoisotopic (exact) mass is 351 g/mol. The molecule has 2 rings (SSSR count). The summed E-state index contributed by atoms with van der Waals surface area (Å²) in [6.07, 6.45) is 1.68. The summed E-state index contributed by atoms with van der Waals surface area (Å²) in [7, 11) is 0. The average molecular weight is 351 g/mol. The van der Waals surface area contributed by atoms with Gasteiger partial charge in [-0.15, -0.1) is 0 Å². The van der Waals surface area contributed by atoms with Crippen LogP contribution in [-0.2, 0) is 9.59 Å². The maximum Gasteiger partial charge on any atom is 0.305 e. The van der Waals surface area contributed by atoms with E-state index in [4.69, 9.17) is 22.1 Å². The van der Waals surface area contributed by atoms with E-state index >= 15 is 0 Å². The molecule has 0 aliphatic carbocycles. The molecule has 1 aromatic carbocycles. The molecule has 1 saturated heterocycles. The van der Waals surface area contributed by atoms with Gasteiger partial charge < -0.3 is 9.84 Å². The van der Waals surface area contributed by atoms with Crippen molar-refractivity contribution in [1.82, 2.24) is 4.90 Å². The minimum atomic E-state index is -0.957. The van der Waals surface area contributed by atoms with Gasteiger partial charge in [-0.3, -0.25) is 14.5 Å². The predicted molar refractivity (Wildman–Crippen MR) is 94.3 cm³/mol. The van der Waals surface area contributed by atoms with Crippen LogP contribution in [0, 0.1) is 0 Å². The predicted octanol–water partition coefficient (Wildman–Crippen LogP) is 3.15. The SMILES string of the molecule is CC(C)Oc1cccc(/C=C2/SC(=S)N(CCC(=O)O)C2=O)c1. The second kappa shape index (κ2) is 7.61. The molecule has 0 atom stereocenters. The highest BCUT2D eigenvalue weighted by Gasteiger charge is 2.32. The molecule has 0 spiro atoms. The molecule has 7 heteroatoms. The summed E-state index contributed by atoms with van der Waals surface area (Å²) in [6.45, 7) is 3.98. The smallest absolute Gasteiger partial charge is 0.305 e. The lowest BCUT2D eigenvalue weighted by Crippen LogP contribution is -2.30. The maximum atomic E-state index is 12.3. The van der Waals surface area contributed by atoms with Crippen molar-refractivity contribution >= 4 is 46.3 Å². The van der Waals surface area contributed by atoms with E-state index in [1.807, 2.05) is 38.1 Å². The van der Waals surface area contributed by atoms with Crippen LogP contribution < -0.4 is 4.74 Å². The third-order valence-corrected chi connectivity index (χ3v) is 4.33. The largest absolute Gasteiger partial charge is 0.491 e. The Morgan fingerprint density at radius 2 is 2.22 bits per heavy atom. The molecule has 23 heavy (non-hydrogen) atoms. The number of ether oxygens (including phenoxy) is 1. The number of thiocarbonyl (C=S) groups is 1. The number of carboxylic acid groups (broad SMARTS) is 1. The van der Waals surface area contributed by atoms with Crippen molar-refractivity contribution in [1.29, 1.82) is 0 Å². The summed E-state index contributed by atoms with van der Waals surface area (Å²) >= 11 is 6.34. The fraction of sp³-hybridized carbons (Fsp3) is 0.312. The zero-order valence-electron chi connectivity index (χ0n) is 12.8. The van der Waals surface area contributed by atoms with E-state index in [2.05, 4.69) is 0 Å². The molecule has 0 aromatic heterocycles. The molecule has 0 unspecified atom stereocenters. The van der Waals surface area contributed by atoms with Crippen LogP contribution in [0.3, 0.4) is 0 Å². The highest BCUT2D eigenvalue weighted by atomic mass is 32.2. The Morgan fingerprint density at radius 3 is 2.87 bits per heavy atom. The summed E-state index contributed by atoms with van der Waals surface area (Å²) in [5.41, 5.74) is 0.835. The molecule has 1 heterocycles. The Kier molecular flexibility index (Phi) is 5.79. The molecule has 1 aliphatic rings. The molecular weight excluding hydrogens is 334 g/mol. The zero-order valence-corrected chi connectivity index (χ0v) is 14.4. The average Bonchev–Trinajstić information content (AvgIpc) is 2.71. The fourth-order valence-corrected chi connectivity index (χ4v) is 3.31. The van der Waals surface area contributed by atoms with Gasteiger partial charge in [0.15, 0.2) is 0 Å². The van der Waals surface area contributed by atoms with E-state index in [1.165, 1.54) is 16.7 Å². The summed E-state index contributed by atoms with van der Waals surface area (Å²) < 4.78 is 6.02. The molecular formula is C16H17NO4S2.